The van der Waals surface area contributed by atoms with E-state index < -0.39 is 5.41 Å². The van der Waals surface area contributed by atoms with Gasteiger partial charge in [0.2, 0.25) is 11.8 Å². The van der Waals surface area contributed by atoms with E-state index in [0.717, 1.165) is 5.56 Å². The second kappa shape index (κ2) is 4.65. The maximum Gasteiger partial charge on any atom is 0.295 e. The first-order chi connectivity index (χ1) is 9.96. The number of halogens is 1. The summed E-state index contributed by atoms with van der Waals surface area (Å²) in [5.41, 5.74) is 5.76. The molecule has 3 N–H and O–H groups in total. The smallest absolute Gasteiger partial charge is 0.295 e. The molecule has 2 aromatic heterocycles. The normalized spacial score (nSPS) is 11.8. The number of anilines is 1. The molecule has 3 aromatic rings. The van der Waals surface area contributed by atoms with Gasteiger partial charge in [0.05, 0.1) is 5.41 Å². The van der Waals surface area contributed by atoms with Crippen LogP contribution in [0.2, 0.25) is 0 Å². The molecule has 0 amide bonds. The van der Waals surface area contributed by atoms with Gasteiger partial charge in [-0.15, -0.1) is 5.10 Å². The lowest BCUT2D eigenvalue weighted by molar-refractivity contribution is 0.406. The molecule has 0 bridgehead atoms. The molecule has 2 heterocycles. The molecule has 0 spiro atoms. The van der Waals surface area contributed by atoms with Crippen LogP contribution >= 0.6 is 0 Å². The zero-order valence-electron chi connectivity index (χ0n) is 11.5. The maximum absolute atomic E-state index is 13.0. The van der Waals surface area contributed by atoms with Gasteiger partial charge >= 0.3 is 0 Å². The number of aromatic amines is 1. The molecule has 0 saturated carbocycles. The Bertz CT molecular complexity index is 761. The summed E-state index contributed by atoms with van der Waals surface area (Å²) in [4.78, 5) is 8.23. The van der Waals surface area contributed by atoms with Crippen molar-refractivity contribution in [1.29, 1.82) is 0 Å². The van der Waals surface area contributed by atoms with E-state index >= 15 is 0 Å². The molecule has 0 saturated heterocycles. The lowest BCUT2D eigenvalue weighted by Crippen LogP contribution is -2.20. The van der Waals surface area contributed by atoms with Crippen LogP contribution in [0.1, 0.15) is 25.2 Å². The molecule has 0 atom stereocenters. The number of rotatable bonds is 3. The zero-order valence-corrected chi connectivity index (χ0v) is 11.5. The van der Waals surface area contributed by atoms with E-state index in [2.05, 4.69) is 25.3 Å². The summed E-state index contributed by atoms with van der Waals surface area (Å²) >= 11 is 0. The number of hydrogen-bond acceptors (Lipinski definition) is 6. The van der Waals surface area contributed by atoms with Crippen LogP contribution in [0.4, 0.5) is 10.3 Å². The molecule has 0 radical (unpaired) electrons. The van der Waals surface area contributed by atoms with Gasteiger partial charge in [0, 0.05) is 0 Å². The van der Waals surface area contributed by atoms with Crippen molar-refractivity contribution in [3.8, 4) is 11.7 Å². The number of nitrogen functional groups attached to an aromatic ring is 1. The molecule has 7 nitrogen and oxygen atoms in total. The van der Waals surface area contributed by atoms with Crippen molar-refractivity contribution in [2.45, 2.75) is 19.3 Å². The number of H-pyrrole nitrogens is 1. The first kappa shape index (κ1) is 13.2. The first-order valence-electron chi connectivity index (χ1n) is 6.25. The Labute approximate surface area is 119 Å². The van der Waals surface area contributed by atoms with Gasteiger partial charge in [-0.2, -0.15) is 9.97 Å². The third-order valence-corrected chi connectivity index (χ3v) is 3.26. The summed E-state index contributed by atoms with van der Waals surface area (Å²) in [5.74, 6) is 0.771. The second-order valence-corrected chi connectivity index (χ2v) is 5.10. The van der Waals surface area contributed by atoms with Gasteiger partial charge in [-0.1, -0.05) is 17.3 Å². The van der Waals surface area contributed by atoms with Gasteiger partial charge in [0.1, 0.15) is 5.82 Å². The minimum atomic E-state index is -0.541. The molecule has 0 aliphatic carbocycles. The van der Waals surface area contributed by atoms with Crippen molar-refractivity contribution >= 4 is 5.95 Å². The number of nitrogens with two attached hydrogens (primary N) is 1. The first-order valence-corrected chi connectivity index (χ1v) is 6.25. The van der Waals surface area contributed by atoms with Crippen molar-refractivity contribution < 1.29 is 8.91 Å². The second-order valence-electron chi connectivity index (χ2n) is 5.10. The highest BCUT2D eigenvalue weighted by molar-refractivity contribution is 5.42. The maximum atomic E-state index is 13.0. The zero-order chi connectivity index (χ0) is 15.0. The summed E-state index contributed by atoms with van der Waals surface area (Å²) in [6.07, 6.45) is 0. The SMILES string of the molecule is CC(C)(c1ccc(F)cc1)c1noc(-c2nc(N)n[nH]2)n1. The Morgan fingerprint density at radius 3 is 2.52 bits per heavy atom. The van der Waals surface area contributed by atoms with E-state index in [-0.39, 0.29) is 17.7 Å². The van der Waals surface area contributed by atoms with Gasteiger partial charge < -0.3 is 10.3 Å². The Kier molecular flexibility index (Phi) is 2.93. The Morgan fingerprint density at radius 2 is 1.90 bits per heavy atom. The quantitative estimate of drug-likeness (QED) is 0.762. The molecule has 0 fully saturated rings. The van der Waals surface area contributed by atoms with Crippen LogP contribution in [-0.2, 0) is 5.41 Å². The predicted octanol–water partition coefficient (Wildman–Crippen LogP) is 1.90. The number of nitrogens with zero attached hydrogens (tertiary/aromatic N) is 4. The summed E-state index contributed by atoms with van der Waals surface area (Å²) in [6, 6.07) is 6.18. The molecular formula is C13H13FN6O. The van der Waals surface area contributed by atoms with Crippen LogP contribution in [0.15, 0.2) is 28.8 Å². The van der Waals surface area contributed by atoms with Gasteiger partial charge in [0.25, 0.3) is 5.89 Å². The molecule has 0 unspecified atom stereocenters. The molecule has 8 heteroatoms. The van der Waals surface area contributed by atoms with Gasteiger partial charge in [0.15, 0.2) is 5.82 Å². The standard InChI is InChI=1S/C13H13FN6O/c1-13(2,7-3-5-8(14)6-4-7)11-17-10(21-20-11)9-16-12(15)19-18-9/h3-6H,1-2H3,(H3,15,16,18,19). The third kappa shape index (κ3) is 2.35. The highest BCUT2D eigenvalue weighted by atomic mass is 19.1. The van der Waals surface area contributed by atoms with Gasteiger partial charge in [-0.25, -0.2) is 4.39 Å². The highest BCUT2D eigenvalue weighted by Gasteiger charge is 2.29. The van der Waals surface area contributed by atoms with Crippen LogP contribution in [0.3, 0.4) is 0 Å². The topological polar surface area (TPSA) is 107 Å². The molecule has 0 aliphatic rings. The molecular weight excluding hydrogens is 275 g/mol. The van der Waals surface area contributed by atoms with E-state index in [1.165, 1.54) is 12.1 Å². The Morgan fingerprint density at radius 1 is 1.19 bits per heavy atom. The van der Waals surface area contributed by atoms with Crippen molar-refractivity contribution in [3.63, 3.8) is 0 Å². The molecule has 1 aromatic carbocycles. The van der Waals surface area contributed by atoms with Gasteiger partial charge in [-0.05, 0) is 31.5 Å². The highest BCUT2D eigenvalue weighted by Crippen LogP contribution is 2.30. The fraction of sp³-hybridized carbons (Fsp3) is 0.231. The third-order valence-electron chi connectivity index (χ3n) is 3.26. The molecule has 0 aliphatic heterocycles. The van der Waals surface area contributed by atoms with Gasteiger partial charge in [-0.3, -0.25) is 5.10 Å². The van der Waals surface area contributed by atoms with E-state index in [4.69, 9.17) is 10.3 Å². The summed E-state index contributed by atoms with van der Waals surface area (Å²) < 4.78 is 18.2. The summed E-state index contributed by atoms with van der Waals surface area (Å²) in [7, 11) is 0. The lowest BCUT2D eigenvalue weighted by atomic mass is 9.84. The van der Waals surface area contributed by atoms with Crippen molar-refractivity contribution in [1.82, 2.24) is 25.3 Å². The number of hydrogen-bond donors (Lipinski definition) is 2. The van der Waals surface area contributed by atoms with Crippen molar-refractivity contribution in [2.24, 2.45) is 0 Å². The molecule has 3 rings (SSSR count). The van der Waals surface area contributed by atoms with E-state index in [9.17, 15) is 4.39 Å². The van der Waals surface area contributed by atoms with E-state index in [1.807, 2.05) is 13.8 Å². The van der Waals surface area contributed by atoms with Crippen LogP contribution in [0.25, 0.3) is 11.7 Å². The van der Waals surface area contributed by atoms with Crippen LogP contribution in [-0.4, -0.2) is 25.3 Å². The number of nitrogens with one attached hydrogen (secondary N) is 1. The fourth-order valence-corrected chi connectivity index (χ4v) is 1.94. The summed E-state index contributed by atoms with van der Waals surface area (Å²) in [6.45, 7) is 3.84. The van der Waals surface area contributed by atoms with E-state index in [1.54, 1.807) is 12.1 Å². The monoisotopic (exact) mass is 288 g/mol. The number of aromatic nitrogens is 5. The molecule has 108 valence electrons. The summed E-state index contributed by atoms with van der Waals surface area (Å²) in [5, 5.41) is 10.3. The van der Waals surface area contributed by atoms with E-state index in [0.29, 0.717) is 11.6 Å². The van der Waals surface area contributed by atoms with Crippen LogP contribution in [0.5, 0.6) is 0 Å². The van der Waals surface area contributed by atoms with Crippen LogP contribution < -0.4 is 5.73 Å². The predicted molar refractivity (Wildman–Crippen MR) is 72.6 cm³/mol. The minimum Gasteiger partial charge on any atom is -0.366 e. The Hall–Kier alpha value is -2.77. The average molecular weight is 288 g/mol. The van der Waals surface area contributed by atoms with Crippen molar-refractivity contribution in [3.05, 3.63) is 41.5 Å². The fourth-order valence-electron chi connectivity index (χ4n) is 1.94. The average Bonchev–Trinajstić information content (AvgIpc) is 3.08. The van der Waals surface area contributed by atoms with Crippen LogP contribution in [0, 0.1) is 5.82 Å². The lowest BCUT2D eigenvalue weighted by Gasteiger charge is -2.20. The van der Waals surface area contributed by atoms with Crippen molar-refractivity contribution in [2.75, 3.05) is 5.73 Å². The largest absolute Gasteiger partial charge is 0.366 e. The molecule has 21 heavy (non-hydrogen) atoms. The minimum absolute atomic E-state index is 0.0996. The number of benzene rings is 1. The Balaban J connectivity index is 1.96.